The van der Waals surface area contributed by atoms with Crippen LogP contribution in [0, 0.1) is 10.1 Å². The minimum atomic E-state index is -0.369. The highest BCUT2D eigenvalue weighted by Crippen LogP contribution is 2.22. The predicted molar refractivity (Wildman–Crippen MR) is 46.7 cm³/mol. The van der Waals surface area contributed by atoms with Crippen molar-refractivity contribution < 1.29 is 4.92 Å². The molecule has 0 aromatic heterocycles. The monoisotopic (exact) mass is 172 g/mol. The van der Waals surface area contributed by atoms with E-state index < -0.39 is 0 Å². The molecule has 3 unspecified atom stereocenters. The van der Waals surface area contributed by atoms with Gasteiger partial charge in [-0.15, -0.1) is 0 Å². The van der Waals surface area contributed by atoms with Gasteiger partial charge in [0.1, 0.15) is 0 Å². The van der Waals surface area contributed by atoms with Gasteiger partial charge < -0.3 is 0 Å². The molecule has 70 valence electrons. The summed E-state index contributed by atoms with van der Waals surface area (Å²) in [5.41, 5.74) is 0. The molecule has 1 fully saturated rings. The zero-order valence-electron chi connectivity index (χ0n) is 7.86. The van der Waals surface area contributed by atoms with E-state index in [9.17, 15) is 10.1 Å². The third-order valence-electron chi connectivity index (χ3n) is 3.05. The van der Waals surface area contributed by atoms with Crippen molar-refractivity contribution in [2.75, 3.05) is 7.05 Å². The maximum absolute atomic E-state index is 10.6. The van der Waals surface area contributed by atoms with Gasteiger partial charge in [0.2, 0.25) is 6.04 Å². The normalized spacial score (nSPS) is 38.1. The summed E-state index contributed by atoms with van der Waals surface area (Å²) in [4.78, 5) is 12.5. The molecule has 0 aromatic rings. The van der Waals surface area contributed by atoms with Crippen LogP contribution in [0.2, 0.25) is 0 Å². The second-order valence-corrected chi connectivity index (χ2v) is 3.69. The molecule has 1 aliphatic heterocycles. The van der Waals surface area contributed by atoms with Crippen molar-refractivity contribution >= 4 is 0 Å². The summed E-state index contributed by atoms with van der Waals surface area (Å²) in [6, 6.07) is 0.186. The topological polar surface area (TPSA) is 46.4 Å². The van der Waals surface area contributed by atoms with E-state index in [0.717, 1.165) is 12.8 Å². The van der Waals surface area contributed by atoms with Crippen LogP contribution in [0.1, 0.15) is 26.7 Å². The number of likely N-dealkylation sites (N-methyl/N-ethyl adjacent to an activating group) is 1. The lowest BCUT2D eigenvalue weighted by Crippen LogP contribution is -2.51. The smallest absolute Gasteiger partial charge is 0.228 e. The summed E-state index contributed by atoms with van der Waals surface area (Å²) < 4.78 is 0. The molecular formula is C8H16N2O2. The molecule has 0 bridgehead atoms. The van der Waals surface area contributed by atoms with Gasteiger partial charge in [0.05, 0.1) is 6.04 Å². The molecule has 1 heterocycles. The van der Waals surface area contributed by atoms with Crippen molar-refractivity contribution in [3.05, 3.63) is 10.1 Å². The molecule has 0 N–H and O–H groups in total. The molecule has 4 heteroatoms. The van der Waals surface area contributed by atoms with Crippen molar-refractivity contribution in [3.8, 4) is 0 Å². The second-order valence-electron chi connectivity index (χ2n) is 3.69. The van der Waals surface area contributed by atoms with Crippen molar-refractivity contribution in [1.82, 2.24) is 4.90 Å². The Morgan fingerprint density at radius 3 is 2.50 bits per heavy atom. The third-order valence-corrected chi connectivity index (χ3v) is 3.05. The zero-order chi connectivity index (χ0) is 9.30. The average Bonchev–Trinajstić information content (AvgIpc) is 2.00. The molecule has 1 saturated heterocycles. The van der Waals surface area contributed by atoms with E-state index >= 15 is 0 Å². The molecule has 0 aromatic carbocycles. The third kappa shape index (κ3) is 1.58. The van der Waals surface area contributed by atoms with Gasteiger partial charge in [-0.25, -0.2) is 0 Å². The Hall–Kier alpha value is -0.640. The highest BCUT2D eigenvalue weighted by atomic mass is 16.6. The van der Waals surface area contributed by atoms with E-state index in [1.807, 2.05) is 14.0 Å². The van der Waals surface area contributed by atoms with Crippen LogP contribution in [-0.4, -0.2) is 35.0 Å². The Balaban J connectivity index is 2.65. The first-order valence-electron chi connectivity index (χ1n) is 4.39. The van der Waals surface area contributed by atoms with Crippen molar-refractivity contribution in [2.45, 2.75) is 44.8 Å². The van der Waals surface area contributed by atoms with Gasteiger partial charge in [-0.1, -0.05) is 0 Å². The summed E-state index contributed by atoms with van der Waals surface area (Å²) in [5.74, 6) is 0. The zero-order valence-corrected chi connectivity index (χ0v) is 7.86. The molecule has 0 saturated carbocycles. The molecule has 0 amide bonds. The Morgan fingerprint density at radius 1 is 1.42 bits per heavy atom. The Kier molecular flexibility index (Phi) is 2.67. The highest BCUT2D eigenvalue weighted by molar-refractivity contribution is 4.83. The first kappa shape index (κ1) is 9.45. The van der Waals surface area contributed by atoms with Gasteiger partial charge in [-0.05, 0) is 27.3 Å². The first-order chi connectivity index (χ1) is 5.54. The molecule has 12 heavy (non-hydrogen) atoms. The van der Waals surface area contributed by atoms with E-state index in [2.05, 4.69) is 11.8 Å². The van der Waals surface area contributed by atoms with E-state index in [-0.39, 0.29) is 17.0 Å². The molecule has 0 spiro atoms. The summed E-state index contributed by atoms with van der Waals surface area (Å²) in [6.07, 6.45) is 1.66. The minimum absolute atomic E-state index is 0.0729. The standard InChI is InChI=1S/C8H16N2O2/c1-6-4-5-8(10(11)12)7(2)9(6)3/h6-8H,4-5H2,1-3H3. The van der Waals surface area contributed by atoms with Crippen LogP contribution in [0.5, 0.6) is 0 Å². The van der Waals surface area contributed by atoms with Gasteiger partial charge >= 0.3 is 0 Å². The molecule has 1 rings (SSSR count). The van der Waals surface area contributed by atoms with Crippen LogP contribution in [0.3, 0.4) is 0 Å². The summed E-state index contributed by atoms with van der Waals surface area (Å²) in [7, 11) is 1.96. The van der Waals surface area contributed by atoms with Gasteiger partial charge in [0.15, 0.2) is 0 Å². The number of hydrogen-bond donors (Lipinski definition) is 0. The van der Waals surface area contributed by atoms with Crippen LogP contribution >= 0.6 is 0 Å². The van der Waals surface area contributed by atoms with E-state index in [1.165, 1.54) is 0 Å². The van der Waals surface area contributed by atoms with Crippen LogP contribution in [0.25, 0.3) is 0 Å². The lowest BCUT2D eigenvalue weighted by Gasteiger charge is -2.36. The summed E-state index contributed by atoms with van der Waals surface area (Å²) in [6.45, 7) is 4.05. The maximum Gasteiger partial charge on any atom is 0.228 e. The average molecular weight is 172 g/mol. The number of nitro groups is 1. The van der Waals surface area contributed by atoms with E-state index in [1.54, 1.807) is 0 Å². The highest BCUT2D eigenvalue weighted by Gasteiger charge is 2.37. The fraction of sp³-hybridized carbons (Fsp3) is 1.00. The lowest BCUT2D eigenvalue weighted by atomic mass is 9.94. The van der Waals surface area contributed by atoms with Crippen molar-refractivity contribution in [2.24, 2.45) is 0 Å². The Morgan fingerprint density at radius 2 is 2.00 bits per heavy atom. The molecule has 3 atom stereocenters. The van der Waals surface area contributed by atoms with Crippen LogP contribution in [0.15, 0.2) is 0 Å². The van der Waals surface area contributed by atoms with E-state index in [0.29, 0.717) is 6.04 Å². The quantitative estimate of drug-likeness (QED) is 0.440. The maximum atomic E-state index is 10.6. The summed E-state index contributed by atoms with van der Waals surface area (Å²) >= 11 is 0. The minimum Gasteiger partial charge on any atom is -0.295 e. The van der Waals surface area contributed by atoms with Gasteiger partial charge in [-0.3, -0.25) is 15.0 Å². The largest absolute Gasteiger partial charge is 0.295 e. The summed E-state index contributed by atoms with van der Waals surface area (Å²) in [5, 5.41) is 10.6. The SMILES string of the molecule is CC1CCC([N+](=O)[O-])C(C)N1C. The van der Waals surface area contributed by atoms with Gasteiger partial charge in [-0.2, -0.15) is 0 Å². The number of piperidine rings is 1. The lowest BCUT2D eigenvalue weighted by molar-refractivity contribution is -0.534. The fourth-order valence-corrected chi connectivity index (χ4v) is 1.81. The van der Waals surface area contributed by atoms with Crippen LogP contribution in [0.4, 0.5) is 0 Å². The fourth-order valence-electron chi connectivity index (χ4n) is 1.81. The number of likely N-dealkylation sites (tertiary alicyclic amines) is 1. The first-order valence-corrected chi connectivity index (χ1v) is 4.39. The Labute approximate surface area is 72.7 Å². The van der Waals surface area contributed by atoms with Crippen molar-refractivity contribution in [1.29, 1.82) is 0 Å². The van der Waals surface area contributed by atoms with Gasteiger partial charge in [0, 0.05) is 17.4 Å². The number of hydrogen-bond acceptors (Lipinski definition) is 3. The second kappa shape index (κ2) is 3.39. The predicted octanol–water partition coefficient (Wildman–Crippen LogP) is 1.13. The molecule has 4 nitrogen and oxygen atoms in total. The molecule has 0 radical (unpaired) electrons. The van der Waals surface area contributed by atoms with E-state index in [4.69, 9.17) is 0 Å². The Bertz CT molecular complexity index is 184. The molecule has 1 aliphatic rings. The van der Waals surface area contributed by atoms with Crippen LogP contribution < -0.4 is 0 Å². The molecular weight excluding hydrogens is 156 g/mol. The molecule has 0 aliphatic carbocycles. The van der Waals surface area contributed by atoms with Crippen LogP contribution in [-0.2, 0) is 0 Å². The number of rotatable bonds is 1. The van der Waals surface area contributed by atoms with Gasteiger partial charge in [0.25, 0.3) is 0 Å². The van der Waals surface area contributed by atoms with Crippen molar-refractivity contribution in [3.63, 3.8) is 0 Å². The number of nitrogens with zero attached hydrogens (tertiary/aromatic N) is 2.